The van der Waals surface area contributed by atoms with Crippen LogP contribution in [0.25, 0.3) is 0 Å². The van der Waals surface area contributed by atoms with Crippen LogP contribution in [0.15, 0.2) is 4.99 Å². The summed E-state index contributed by atoms with van der Waals surface area (Å²) < 4.78 is 0. The van der Waals surface area contributed by atoms with Crippen LogP contribution in [-0.2, 0) is 28.8 Å². The fraction of sp³-hybridized carbons (Fsp3) is 0.667. The Balaban J connectivity index is 2.91. The Labute approximate surface area is 213 Å². The largest absolute Gasteiger partial charge is 0.480 e. The average molecular weight is 528 g/mol. The van der Waals surface area contributed by atoms with Crippen molar-refractivity contribution >= 4 is 41.5 Å². The number of primary amides is 2. The van der Waals surface area contributed by atoms with Crippen molar-refractivity contribution in [3.05, 3.63) is 0 Å². The standard InChI is InChI=1S/C21H37N9O7/c22-11(3-1-9-27-21(25)26)17(33)28-12(5-7-15(23)31)19(35)30-10-2-4-14(30)18(34)29-13(20(36)37)6-8-16(24)32/h11-14H,1-10,22H2,(H2,23,31)(H2,24,32)(H,28,33)(H,29,34)(H,36,37)(H4,25,26,27). The molecule has 1 aliphatic rings. The minimum Gasteiger partial charge on any atom is -0.480 e. The van der Waals surface area contributed by atoms with Gasteiger partial charge in [-0.2, -0.15) is 0 Å². The number of carboxylic acid groups (broad SMARTS) is 1. The van der Waals surface area contributed by atoms with Crippen molar-refractivity contribution in [1.82, 2.24) is 15.5 Å². The van der Waals surface area contributed by atoms with E-state index in [1.807, 2.05) is 0 Å². The number of likely N-dealkylation sites (tertiary alicyclic amines) is 1. The van der Waals surface area contributed by atoms with Crippen molar-refractivity contribution in [3.63, 3.8) is 0 Å². The minimum absolute atomic E-state index is 0.0955. The number of aliphatic imine (C=N–C) groups is 1. The summed E-state index contributed by atoms with van der Waals surface area (Å²) in [5.74, 6) is -4.87. The zero-order valence-corrected chi connectivity index (χ0v) is 20.6. The van der Waals surface area contributed by atoms with E-state index >= 15 is 0 Å². The predicted octanol–water partition coefficient (Wildman–Crippen LogP) is -4.06. The van der Waals surface area contributed by atoms with E-state index in [0.29, 0.717) is 12.8 Å². The smallest absolute Gasteiger partial charge is 0.326 e. The van der Waals surface area contributed by atoms with Gasteiger partial charge in [-0.25, -0.2) is 4.79 Å². The number of carbonyl (C=O) groups is 6. The molecule has 0 aromatic carbocycles. The molecule has 37 heavy (non-hydrogen) atoms. The van der Waals surface area contributed by atoms with E-state index in [0.717, 1.165) is 0 Å². The zero-order chi connectivity index (χ0) is 28.1. The molecule has 0 aromatic heterocycles. The molecule has 13 N–H and O–H groups in total. The number of amides is 5. The van der Waals surface area contributed by atoms with Crippen LogP contribution in [0.2, 0.25) is 0 Å². The molecule has 1 fully saturated rings. The highest BCUT2D eigenvalue weighted by atomic mass is 16.4. The number of hydrogen-bond acceptors (Lipinski definition) is 8. The van der Waals surface area contributed by atoms with Crippen molar-refractivity contribution in [1.29, 1.82) is 0 Å². The molecule has 16 nitrogen and oxygen atoms in total. The van der Waals surface area contributed by atoms with Crippen LogP contribution in [0.5, 0.6) is 0 Å². The molecule has 1 heterocycles. The second kappa shape index (κ2) is 15.2. The molecule has 0 bridgehead atoms. The summed E-state index contributed by atoms with van der Waals surface area (Å²) in [7, 11) is 0. The van der Waals surface area contributed by atoms with Gasteiger partial charge < -0.3 is 49.3 Å². The fourth-order valence-corrected chi connectivity index (χ4v) is 3.79. The Morgan fingerprint density at radius 2 is 1.51 bits per heavy atom. The second-order valence-electron chi connectivity index (χ2n) is 8.72. The number of guanidine groups is 1. The molecule has 4 unspecified atom stereocenters. The summed E-state index contributed by atoms with van der Waals surface area (Å²) in [6.07, 6.45) is 0.520. The lowest BCUT2D eigenvalue weighted by atomic mass is 10.1. The predicted molar refractivity (Wildman–Crippen MR) is 131 cm³/mol. The van der Waals surface area contributed by atoms with Crippen molar-refractivity contribution in [2.45, 2.75) is 75.5 Å². The molecule has 1 rings (SSSR count). The highest BCUT2D eigenvalue weighted by Gasteiger charge is 2.39. The first-order valence-electron chi connectivity index (χ1n) is 11.8. The quantitative estimate of drug-likeness (QED) is 0.0545. The number of carbonyl (C=O) groups excluding carboxylic acids is 5. The van der Waals surface area contributed by atoms with Crippen molar-refractivity contribution in [3.8, 4) is 0 Å². The average Bonchev–Trinajstić information content (AvgIpc) is 3.30. The highest BCUT2D eigenvalue weighted by molar-refractivity contribution is 5.94. The number of aliphatic carboxylic acids is 1. The Bertz CT molecular complexity index is 892. The molecule has 0 aliphatic carbocycles. The number of rotatable bonds is 16. The Morgan fingerprint density at radius 3 is 2.05 bits per heavy atom. The minimum atomic E-state index is -1.38. The van der Waals surface area contributed by atoms with Crippen LogP contribution in [0.1, 0.15) is 51.4 Å². The highest BCUT2D eigenvalue weighted by Crippen LogP contribution is 2.20. The zero-order valence-electron chi connectivity index (χ0n) is 20.6. The first kappa shape index (κ1) is 31.1. The SMILES string of the molecule is NC(=O)CCC(NC(=O)C1CCCN1C(=O)C(CCC(N)=O)NC(=O)C(N)CCCN=C(N)N)C(=O)O. The Morgan fingerprint density at radius 1 is 0.919 bits per heavy atom. The van der Waals surface area contributed by atoms with Gasteiger partial charge in [0.25, 0.3) is 0 Å². The van der Waals surface area contributed by atoms with E-state index < -0.39 is 59.7 Å². The van der Waals surface area contributed by atoms with Crippen LogP contribution in [0, 0.1) is 0 Å². The lowest BCUT2D eigenvalue weighted by Crippen LogP contribution is -2.57. The maximum Gasteiger partial charge on any atom is 0.326 e. The third-order valence-electron chi connectivity index (χ3n) is 5.73. The summed E-state index contributed by atoms with van der Waals surface area (Å²) in [5, 5.41) is 14.2. The van der Waals surface area contributed by atoms with Gasteiger partial charge in [0, 0.05) is 25.9 Å². The fourth-order valence-electron chi connectivity index (χ4n) is 3.79. The van der Waals surface area contributed by atoms with E-state index in [2.05, 4.69) is 15.6 Å². The summed E-state index contributed by atoms with van der Waals surface area (Å²) in [6, 6.07) is -4.57. The van der Waals surface area contributed by atoms with Gasteiger partial charge in [0.1, 0.15) is 18.1 Å². The Kier molecular flexibility index (Phi) is 12.8. The number of nitrogens with one attached hydrogen (secondary N) is 2. The normalized spacial score (nSPS) is 17.2. The van der Waals surface area contributed by atoms with Gasteiger partial charge in [0.05, 0.1) is 6.04 Å². The van der Waals surface area contributed by atoms with Crippen LogP contribution in [0.3, 0.4) is 0 Å². The van der Waals surface area contributed by atoms with E-state index in [1.54, 1.807) is 0 Å². The lowest BCUT2D eigenvalue weighted by Gasteiger charge is -2.30. The van der Waals surface area contributed by atoms with Gasteiger partial charge in [-0.15, -0.1) is 0 Å². The molecule has 1 aliphatic heterocycles. The van der Waals surface area contributed by atoms with E-state index in [1.165, 1.54) is 4.90 Å². The van der Waals surface area contributed by atoms with Crippen LogP contribution >= 0.6 is 0 Å². The number of carboxylic acids is 1. The molecule has 208 valence electrons. The van der Waals surface area contributed by atoms with Crippen molar-refractivity contribution in [2.75, 3.05) is 13.1 Å². The van der Waals surface area contributed by atoms with Gasteiger partial charge in [0.2, 0.25) is 29.5 Å². The summed E-state index contributed by atoms with van der Waals surface area (Å²) in [6.45, 7) is 0.429. The third kappa shape index (κ3) is 11.1. The van der Waals surface area contributed by atoms with Crippen LogP contribution in [-0.4, -0.2) is 88.7 Å². The molecule has 4 atom stereocenters. The van der Waals surface area contributed by atoms with Crippen LogP contribution < -0.4 is 39.3 Å². The van der Waals surface area contributed by atoms with Gasteiger partial charge in [-0.05, 0) is 38.5 Å². The molecule has 5 amide bonds. The number of nitrogens with zero attached hydrogens (tertiary/aromatic N) is 2. The van der Waals surface area contributed by atoms with Gasteiger partial charge >= 0.3 is 5.97 Å². The topological polar surface area (TPSA) is 292 Å². The molecule has 0 spiro atoms. The first-order valence-corrected chi connectivity index (χ1v) is 11.8. The maximum atomic E-state index is 13.3. The summed E-state index contributed by atoms with van der Waals surface area (Å²) >= 11 is 0. The summed E-state index contributed by atoms with van der Waals surface area (Å²) in [5.41, 5.74) is 26.7. The molecular weight excluding hydrogens is 490 g/mol. The van der Waals surface area contributed by atoms with E-state index in [4.69, 9.17) is 28.7 Å². The molecule has 0 aromatic rings. The van der Waals surface area contributed by atoms with Gasteiger partial charge in [-0.1, -0.05) is 0 Å². The molecule has 0 radical (unpaired) electrons. The monoisotopic (exact) mass is 527 g/mol. The van der Waals surface area contributed by atoms with E-state index in [-0.39, 0.29) is 57.6 Å². The molecule has 16 heteroatoms. The number of nitrogens with two attached hydrogens (primary N) is 5. The first-order chi connectivity index (χ1) is 17.3. The molecule has 1 saturated heterocycles. The lowest BCUT2D eigenvalue weighted by molar-refractivity contribution is -0.145. The second-order valence-corrected chi connectivity index (χ2v) is 8.72. The van der Waals surface area contributed by atoms with Crippen LogP contribution in [0.4, 0.5) is 0 Å². The third-order valence-corrected chi connectivity index (χ3v) is 5.73. The molecule has 0 saturated carbocycles. The Hall–Kier alpha value is -3.95. The van der Waals surface area contributed by atoms with Gasteiger partial charge in [0.15, 0.2) is 5.96 Å². The van der Waals surface area contributed by atoms with Crippen molar-refractivity contribution < 1.29 is 33.9 Å². The summed E-state index contributed by atoms with van der Waals surface area (Å²) in [4.78, 5) is 77.6. The van der Waals surface area contributed by atoms with E-state index in [9.17, 15) is 33.9 Å². The molecular formula is C21H37N9O7. The van der Waals surface area contributed by atoms with Gasteiger partial charge in [-0.3, -0.25) is 29.0 Å². The maximum absolute atomic E-state index is 13.3. The van der Waals surface area contributed by atoms with Crippen molar-refractivity contribution in [2.24, 2.45) is 33.7 Å². The number of hydrogen-bond donors (Lipinski definition) is 8.